The smallest absolute Gasteiger partial charge is 0.228 e. The summed E-state index contributed by atoms with van der Waals surface area (Å²) in [6.45, 7) is 1.64. The van der Waals surface area contributed by atoms with Crippen molar-refractivity contribution in [3.05, 3.63) is 10.7 Å². The highest BCUT2D eigenvalue weighted by molar-refractivity contribution is 9.10. The van der Waals surface area contributed by atoms with E-state index in [0.717, 1.165) is 0 Å². The summed E-state index contributed by atoms with van der Waals surface area (Å²) in [7, 11) is 1.84. The second-order valence-electron chi connectivity index (χ2n) is 4.61. The Bertz CT molecular complexity index is 403. The second-order valence-corrected chi connectivity index (χ2v) is 5.42. The number of hydrogen-bond donors (Lipinski definition) is 2. The van der Waals surface area contributed by atoms with Crippen LogP contribution < -0.4 is 10.6 Å². The van der Waals surface area contributed by atoms with Crippen LogP contribution in [-0.4, -0.2) is 47.5 Å². The molecule has 0 radical (unpaired) electrons. The Morgan fingerprint density at radius 1 is 1.50 bits per heavy atom. The van der Waals surface area contributed by atoms with E-state index in [4.69, 9.17) is 10.5 Å². The van der Waals surface area contributed by atoms with Gasteiger partial charge in [0.15, 0.2) is 0 Å². The summed E-state index contributed by atoms with van der Waals surface area (Å²) < 4.78 is 5.89. The predicted molar refractivity (Wildman–Crippen MR) is 72.4 cm³/mol. The zero-order chi connectivity index (χ0) is 13.2. The minimum absolute atomic E-state index is 0.401. The van der Waals surface area contributed by atoms with Gasteiger partial charge in [-0.25, -0.2) is 4.98 Å². The lowest BCUT2D eigenvalue weighted by Gasteiger charge is -2.35. The maximum atomic E-state index is 10.4. The summed E-state index contributed by atoms with van der Waals surface area (Å²) in [5.41, 5.74) is 4.93. The Morgan fingerprint density at radius 3 is 2.78 bits per heavy atom. The van der Waals surface area contributed by atoms with Gasteiger partial charge < -0.3 is 20.5 Å². The summed E-state index contributed by atoms with van der Waals surface area (Å²) in [6.07, 6.45) is 1.25. The van der Waals surface area contributed by atoms with E-state index in [1.54, 1.807) is 6.07 Å². The molecular weight excluding hydrogens is 300 g/mol. The number of nitrogen functional groups attached to an aromatic ring is 1. The van der Waals surface area contributed by atoms with Crippen LogP contribution in [-0.2, 0) is 4.74 Å². The number of halogens is 1. The normalized spacial score (nSPS) is 18.6. The minimum Gasteiger partial charge on any atom is -0.388 e. The number of likely N-dealkylation sites (N-methyl/N-ethyl adjacent to an activating group) is 1. The van der Waals surface area contributed by atoms with E-state index in [9.17, 15) is 5.11 Å². The topological polar surface area (TPSA) is 84.5 Å². The molecular formula is C11H17BrN4O2. The lowest BCUT2D eigenvalue weighted by molar-refractivity contribution is -0.0574. The monoisotopic (exact) mass is 316 g/mol. The van der Waals surface area contributed by atoms with Crippen LogP contribution in [0.4, 0.5) is 11.8 Å². The number of anilines is 2. The first-order chi connectivity index (χ1) is 8.48. The van der Waals surface area contributed by atoms with Gasteiger partial charge in [0.25, 0.3) is 0 Å². The fourth-order valence-electron chi connectivity index (χ4n) is 2.01. The van der Waals surface area contributed by atoms with Crippen molar-refractivity contribution in [2.45, 2.75) is 18.4 Å². The van der Waals surface area contributed by atoms with Crippen molar-refractivity contribution in [2.75, 3.05) is 37.4 Å². The molecule has 0 saturated carbocycles. The molecule has 1 aliphatic heterocycles. The van der Waals surface area contributed by atoms with Gasteiger partial charge in [0.05, 0.1) is 5.60 Å². The highest BCUT2D eigenvalue weighted by Gasteiger charge is 2.31. The van der Waals surface area contributed by atoms with Crippen LogP contribution in [0.5, 0.6) is 0 Å². The Labute approximate surface area is 114 Å². The van der Waals surface area contributed by atoms with Crippen molar-refractivity contribution in [3.8, 4) is 0 Å². The van der Waals surface area contributed by atoms with Crippen LogP contribution in [0.15, 0.2) is 10.7 Å². The van der Waals surface area contributed by atoms with Crippen molar-refractivity contribution in [1.82, 2.24) is 9.97 Å². The average molecular weight is 317 g/mol. The lowest BCUT2D eigenvalue weighted by Crippen LogP contribution is -2.46. The third kappa shape index (κ3) is 3.30. The molecule has 18 heavy (non-hydrogen) atoms. The molecule has 1 fully saturated rings. The predicted octanol–water partition coefficient (Wildman–Crippen LogP) is 0.799. The number of nitrogens with zero attached hydrogens (tertiary/aromatic N) is 3. The van der Waals surface area contributed by atoms with E-state index in [1.165, 1.54) is 0 Å². The molecule has 1 aromatic rings. The Hall–Kier alpha value is -0.920. The quantitative estimate of drug-likeness (QED) is 0.802. The highest BCUT2D eigenvalue weighted by Crippen LogP contribution is 2.23. The largest absolute Gasteiger partial charge is 0.388 e. The molecule has 7 heteroatoms. The van der Waals surface area contributed by atoms with Crippen LogP contribution in [0, 0.1) is 0 Å². The molecule has 0 aliphatic carbocycles. The molecule has 0 bridgehead atoms. The van der Waals surface area contributed by atoms with Crippen LogP contribution >= 0.6 is 15.9 Å². The van der Waals surface area contributed by atoms with Crippen LogP contribution in [0.1, 0.15) is 12.8 Å². The van der Waals surface area contributed by atoms with Crippen LogP contribution in [0.3, 0.4) is 0 Å². The fourth-order valence-corrected chi connectivity index (χ4v) is 2.41. The van der Waals surface area contributed by atoms with Gasteiger partial charge in [-0.3, -0.25) is 0 Å². The maximum Gasteiger partial charge on any atom is 0.228 e. The molecule has 1 aliphatic rings. The maximum absolute atomic E-state index is 10.4. The SMILES string of the molecule is CN(CC1(O)CCOCC1)c1nc(N)cc(Br)n1. The average Bonchev–Trinajstić information content (AvgIpc) is 2.28. The zero-order valence-electron chi connectivity index (χ0n) is 10.3. The van der Waals surface area contributed by atoms with Crippen molar-refractivity contribution >= 4 is 27.7 Å². The van der Waals surface area contributed by atoms with Gasteiger partial charge in [0.2, 0.25) is 5.95 Å². The molecule has 3 N–H and O–H groups in total. The number of aliphatic hydroxyl groups is 1. The second kappa shape index (κ2) is 5.38. The first-order valence-corrected chi connectivity index (χ1v) is 6.59. The van der Waals surface area contributed by atoms with Crippen LogP contribution in [0.2, 0.25) is 0 Å². The van der Waals surface area contributed by atoms with E-state index in [1.807, 2.05) is 11.9 Å². The molecule has 100 valence electrons. The molecule has 6 nitrogen and oxygen atoms in total. The molecule has 1 aromatic heterocycles. The van der Waals surface area contributed by atoms with Crippen molar-refractivity contribution in [3.63, 3.8) is 0 Å². The van der Waals surface area contributed by atoms with Crippen molar-refractivity contribution in [1.29, 1.82) is 0 Å². The number of nitrogens with two attached hydrogens (primary N) is 1. The molecule has 0 spiro atoms. The van der Waals surface area contributed by atoms with Gasteiger partial charge in [-0.1, -0.05) is 0 Å². The molecule has 0 aromatic carbocycles. The van der Waals surface area contributed by atoms with Gasteiger partial charge in [-0.05, 0) is 15.9 Å². The number of aromatic nitrogens is 2. The third-order valence-electron chi connectivity index (χ3n) is 3.00. The number of hydrogen-bond acceptors (Lipinski definition) is 6. The number of rotatable bonds is 3. The summed E-state index contributed by atoms with van der Waals surface area (Å²) in [5.74, 6) is 0.902. The van der Waals surface area contributed by atoms with Gasteiger partial charge in [0, 0.05) is 45.7 Å². The molecule has 1 saturated heterocycles. The van der Waals surface area contributed by atoms with E-state index < -0.39 is 5.60 Å². The Balaban J connectivity index is 2.08. The first kappa shape index (κ1) is 13.5. The summed E-state index contributed by atoms with van der Waals surface area (Å²) in [6, 6.07) is 1.64. The van der Waals surface area contributed by atoms with Gasteiger partial charge in [-0.2, -0.15) is 4.98 Å². The standard InChI is InChI=1S/C11H17BrN4O2/c1-16(7-11(17)2-4-18-5-3-11)10-14-8(12)6-9(13)15-10/h6,17H,2-5,7H2,1H3,(H2,13,14,15). The van der Waals surface area contributed by atoms with E-state index in [0.29, 0.717) is 49.0 Å². The Kier molecular flexibility index (Phi) is 4.04. The fraction of sp³-hybridized carbons (Fsp3) is 0.636. The molecule has 0 atom stereocenters. The van der Waals surface area contributed by atoms with Crippen molar-refractivity contribution in [2.24, 2.45) is 0 Å². The van der Waals surface area contributed by atoms with Crippen molar-refractivity contribution < 1.29 is 9.84 Å². The van der Waals surface area contributed by atoms with E-state index in [-0.39, 0.29) is 0 Å². The van der Waals surface area contributed by atoms with Crippen LogP contribution in [0.25, 0.3) is 0 Å². The highest BCUT2D eigenvalue weighted by atomic mass is 79.9. The molecule has 2 rings (SSSR count). The van der Waals surface area contributed by atoms with Gasteiger partial charge in [-0.15, -0.1) is 0 Å². The van der Waals surface area contributed by atoms with E-state index in [2.05, 4.69) is 25.9 Å². The number of ether oxygens (including phenoxy) is 1. The third-order valence-corrected chi connectivity index (χ3v) is 3.41. The lowest BCUT2D eigenvalue weighted by atomic mass is 9.94. The first-order valence-electron chi connectivity index (χ1n) is 5.80. The minimum atomic E-state index is -0.743. The zero-order valence-corrected chi connectivity index (χ0v) is 11.9. The molecule has 0 amide bonds. The van der Waals surface area contributed by atoms with Gasteiger partial charge >= 0.3 is 0 Å². The molecule has 0 unspecified atom stereocenters. The van der Waals surface area contributed by atoms with E-state index >= 15 is 0 Å². The van der Waals surface area contributed by atoms with Gasteiger partial charge in [0.1, 0.15) is 10.4 Å². The summed E-state index contributed by atoms with van der Waals surface area (Å²) in [5, 5.41) is 10.4. The summed E-state index contributed by atoms with van der Waals surface area (Å²) >= 11 is 3.28. The Morgan fingerprint density at radius 2 is 2.17 bits per heavy atom. The summed E-state index contributed by atoms with van der Waals surface area (Å²) in [4.78, 5) is 10.2. The molecule has 2 heterocycles.